The second-order valence-corrected chi connectivity index (χ2v) is 5.94. The fraction of sp³-hybridized carbons (Fsp3) is 0.400. The first-order chi connectivity index (χ1) is 9.63. The summed E-state index contributed by atoms with van der Waals surface area (Å²) in [6, 6.07) is 6.01. The second-order valence-electron chi connectivity index (χ2n) is 5.00. The largest absolute Gasteiger partial charge is 0.487 e. The molecule has 0 bridgehead atoms. The van der Waals surface area contributed by atoms with Crippen LogP contribution in [0.15, 0.2) is 29.6 Å². The lowest BCUT2D eigenvalue weighted by atomic mass is 10.2. The van der Waals surface area contributed by atoms with Crippen LogP contribution in [0.2, 0.25) is 0 Å². The van der Waals surface area contributed by atoms with E-state index in [0.717, 1.165) is 23.8 Å². The molecule has 0 unspecified atom stereocenters. The highest BCUT2D eigenvalue weighted by atomic mass is 32.1. The highest BCUT2D eigenvalue weighted by Gasteiger charge is 2.03. The van der Waals surface area contributed by atoms with Crippen LogP contribution in [0.25, 0.3) is 0 Å². The number of hydrogen-bond acceptors (Lipinski definition) is 4. The number of nitrogens with zero attached hydrogens (tertiary/aromatic N) is 1. The molecule has 1 aromatic heterocycles. The summed E-state index contributed by atoms with van der Waals surface area (Å²) in [5.74, 6) is 1.03. The average molecular weight is 294 g/mol. The lowest BCUT2D eigenvalue weighted by Crippen LogP contribution is -2.18. The standard InChI is InChI=1S/C15H19FN2OS/c1-11(2)7-17-8-15-18-13(10-20-15)9-19-14-5-3-12(16)4-6-14/h3-6,10-11,17H,7-9H2,1-2H3. The number of thiazole rings is 1. The van der Waals surface area contributed by atoms with Crippen molar-refractivity contribution in [1.29, 1.82) is 0 Å². The van der Waals surface area contributed by atoms with E-state index in [9.17, 15) is 4.39 Å². The van der Waals surface area contributed by atoms with Crippen LogP contribution in [0.3, 0.4) is 0 Å². The highest BCUT2D eigenvalue weighted by Crippen LogP contribution is 2.15. The molecule has 0 atom stereocenters. The molecule has 5 heteroatoms. The zero-order valence-corrected chi connectivity index (χ0v) is 12.5. The van der Waals surface area contributed by atoms with E-state index in [1.807, 2.05) is 5.38 Å². The topological polar surface area (TPSA) is 34.2 Å². The van der Waals surface area contributed by atoms with Gasteiger partial charge in [0.1, 0.15) is 23.2 Å². The minimum Gasteiger partial charge on any atom is -0.487 e. The Labute approximate surface area is 122 Å². The molecule has 0 radical (unpaired) electrons. The van der Waals surface area contributed by atoms with Gasteiger partial charge in [0.2, 0.25) is 0 Å². The summed E-state index contributed by atoms with van der Waals surface area (Å²) in [7, 11) is 0. The molecule has 0 amide bonds. The summed E-state index contributed by atoms with van der Waals surface area (Å²) in [6.07, 6.45) is 0. The Bertz CT molecular complexity index is 525. The fourth-order valence-electron chi connectivity index (χ4n) is 1.65. The van der Waals surface area contributed by atoms with Crippen LogP contribution in [0.1, 0.15) is 24.5 Å². The third-order valence-corrected chi connectivity index (χ3v) is 3.53. The maximum atomic E-state index is 12.8. The van der Waals surface area contributed by atoms with E-state index >= 15 is 0 Å². The Balaban J connectivity index is 1.79. The molecule has 1 N–H and O–H groups in total. The first-order valence-corrected chi connectivity index (χ1v) is 7.54. The van der Waals surface area contributed by atoms with Crippen molar-refractivity contribution in [1.82, 2.24) is 10.3 Å². The summed E-state index contributed by atoms with van der Waals surface area (Å²) in [5, 5.41) is 6.41. The average Bonchev–Trinajstić information content (AvgIpc) is 2.86. The number of benzene rings is 1. The smallest absolute Gasteiger partial charge is 0.131 e. The van der Waals surface area contributed by atoms with Gasteiger partial charge in [-0.1, -0.05) is 13.8 Å². The third kappa shape index (κ3) is 4.90. The Morgan fingerprint density at radius 1 is 1.30 bits per heavy atom. The zero-order valence-electron chi connectivity index (χ0n) is 11.7. The molecular weight excluding hydrogens is 275 g/mol. The van der Waals surface area contributed by atoms with E-state index in [-0.39, 0.29) is 5.82 Å². The number of aromatic nitrogens is 1. The Kier molecular flexibility index (Phi) is 5.49. The Morgan fingerprint density at radius 3 is 2.75 bits per heavy atom. The molecule has 2 aromatic rings. The van der Waals surface area contributed by atoms with Crippen molar-refractivity contribution < 1.29 is 9.13 Å². The summed E-state index contributed by atoms with van der Waals surface area (Å²) in [6.45, 7) is 6.54. The summed E-state index contributed by atoms with van der Waals surface area (Å²) < 4.78 is 18.3. The zero-order chi connectivity index (χ0) is 14.4. The predicted octanol–water partition coefficient (Wildman–Crippen LogP) is 3.61. The number of hydrogen-bond donors (Lipinski definition) is 1. The molecule has 0 saturated carbocycles. The van der Waals surface area contributed by atoms with Gasteiger partial charge in [-0.3, -0.25) is 0 Å². The fourth-order valence-corrected chi connectivity index (χ4v) is 2.40. The van der Waals surface area contributed by atoms with Crippen LogP contribution in [0.4, 0.5) is 4.39 Å². The molecule has 0 aliphatic heterocycles. The number of rotatable bonds is 7. The molecule has 1 aromatic carbocycles. The lowest BCUT2D eigenvalue weighted by molar-refractivity contribution is 0.301. The van der Waals surface area contributed by atoms with Gasteiger partial charge in [-0.25, -0.2) is 9.37 Å². The van der Waals surface area contributed by atoms with Crippen LogP contribution < -0.4 is 10.1 Å². The molecule has 0 aliphatic carbocycles. The van der Waals surface area contributed by atoms with E-state index in [4.69, 9.17) is 4.74 Å². The Morgan fingerprint density at radius 2 is 2.05 bits per heavy atom. The number of ether oxygens (including phenoxy) is 1. The molecule has 108 valence electrons. The quantitative estimate of drug-likeness (QED) is 0.847. The minimum absolute atomic E-state index is 0.260. The van der Waals surface area contributed by atoms with Gasteiger partial charge >= 0.3 is 0 Å². The molecule has 0 spiro atoms. The molecule has 1 heterocycles. The minimum atomic E-state index is -0.260. The van der Waals surface area contributed by atoms with Gasteiger partial charge in [-0.2, -0.15) is 0 Å². The molecule has 2 rings (SSSR count). The van der Waals surface area contributed by atoms with Crippen molar-refractivity contribution in [2.45, 2.75) is 27.0 Å². The van der Waals surface area contributed by atoms with Crippen molar-refractivity contribution >= 4 is 11.3 Å². The van der Waals surface area contributed by atoms with Crippen molar-refractivity contribution in [2.75, 3.05) is 6.54 Å². The van der Waals surface area contributed by atoms with Gasteiger partial charge in [0, 0.05) is 11.9 Å². The van der Waals surface area contributed by atoms with Crippen molar-refractivity contribution in [3.63, 3.8) is 0 Å². The molecule has 0 saturated heterocycles. The number of nitrogens with one attached hydrogen (secondary N) is 1. The van der Waals surface area contributed by atoms with Crippen LogP contribution in [-0.4, -0.2) is 11.5 Å². The normalized spacial score (nSPS) is 11.0. The van der Waals surface area contributed by atoms with E-state index in [1.165, 1.54) is 12.1 Å². The van der Waals surface area contributed by atoms with E-state index in [1.54, 1.807) is 23.5 Å². The molecule has 0 fully saturated rings. The number of halogens is 1. The predicted molar refractivity (Wildman–Crippen MR) is 79.4 cm³/mol. The SMILES string of the molecule is CC(C)CNCc1nc(COc2ccc(F)cc2)cs1. The van der Waals surface area contributed by atoms with Crippen LogP contribution in [-0.2, 0) is 13.2 Å². The van der Waals surface area contributed by atoms with Gasteiger partial charge in [0.25, 0.3) is 0 Å². The van der Waals surface area contributed by atoms with Crippen LogP contribution in [0, 0.1) is 11.7 Å². The van der Waals surface area contributed by atoms with E-state index in [0.29, 0.717) is 18.3 Å². The van der Waals surface area contributed by atoms with E-state index < -0.39 is 0 Å². The third-order valence-electron chi connectivity index (χ3n) is 2.63. The van der Waals surface area contributed by atoms with Crippen molar-refractivity contribution in [3.05, 3.63) is 46.2 Å². The maximum absolute atomic E-state index is 12.8. The Hall–Kier alpha value is -1.46. The summed E-state index contributed by atoms with van der Waals surface area (Å²) >= 11 is 1.63. The molecular formula is C15H19FN2OS. The lowest BCUT2D eigenvalue weighted by Gasteiger charge is -2.05. The molecule has 20 heavy (non-hydrogen) atoms. The van der Waals surface area contributed by atoms with Crippen LogP contribution in [0.5, 0.6) is 5.75 Å². The summed E-state index contributed by atoms with van der Waals surface area (Å²) in [5.41, 5.74) is 0.903. The highest BCUT2D eigenvalue weighted by molar-refractivity contribution is 7.09. The van der Waals surface area contributed by atoms with Crippen molar-refractivity contribution in [3.8, 4) is 5.75 Å². The molecule has 0 aliphatic rings. The van der Waals surface area contributed by atoms with Gasteiger partial charge < -0.3 is 10.1 Å². The van der Waals surface area contributed by atoms with Gasteiger partial charge in [-0.05, 0) is 36.7 Å². The first kappa shape index (κ1) is 14.9. The maximum Gasteiger partial charge on any atom is 0.131 e. The van der Waals surface area contributed by atoms with Gasteiger partial charge in [-0.15, -0.1) is 11.3 Å². The van der Waals surface area contributed by atoms with Crippen molar-refractivity contribution in [2.24, 2.45) is 5.92 Å². The van der Waals surface area contributed by atoms with Gasteiger partial charge in [0.05, 0.1) is 5.69 Å². The van der Waals surface area contributed by atoms with E-state index in [2.05, 4.69) is 24.1 Å². The molecule has 3 nitrogen and oxygen atoms in total. The van der Waals surface area contributed by atoms with Gasteiger partial charge in [0.15, 0.2) is 0 Å². The monoisotopic (exact) mass is 294 g/mol. The van der Waals surface area contributed by atoms with Crippen LogP contribution >= 0.6 is 11.3 Å². The first-order valence-electron chi connectivity index (χ1n) is 6.66. The second kappa shape index (κ2) is 7.36. The summed E-state index contributed by atoms with van der Waals surface area (Å²) in [4.78, 5) is 4.50.